The molecule has 6 heteroatoms. The lowest BCUT2D eigenvalue weighted by Crippen LogP contribution is -2.31. The number of carbonyl (C=O) groups excluding carboxylic acids is 1. The van der Waals surface area contributed by atoms with E-state index in [1.54, 1.807) is 25.1 Å². The molecule has 0 spiro atoms. The van der Waals surface area contributed by atoms with E-state index in [9.17, 15) is 13.2 Å². The van der Waals surface area contributed by atoms with Crippen molar-refractivity contribution in [3.05, 3.63) is 101 Å². The summed E-state index contributed by atoms with van der Waals surface area (Å²) in [4.78, 5) is 13.2. The molecule has 0 aliphatic rings. The Hall–Kier alpha value is -3.12. The van der Waals surface area contributed by atoms with Crippen molar-refractivity contribution in [2.75, 3.05) is 17.6 Å². The van der Waals surface area contributed by atoms with Gasteiger partial charge in [0.15, 0.2) is 0 Å². The summed E-state index contributed by atoms with van der Waals surface area (Å²) < 4.78 is 25.1. The van der Waals surface area contributed by atoms with Crippen LogP contribution in [0.25, 0.3) is 0 Å². The van der Waals surface area contributed by atoms with Gasteiger partial charge < -0.3 is 5.32 Å². The molecular formula is C23H24N2O3S. The molecule has 3 aromatic carbocycles. The SMILES string of the molecule is Cc1c(C(=O)NC(c2ccccc2)c2ccccc2)cccc1N(C)S(C)(=O)=O. The number of anilines is 1. The molecule has 150 valence electrons. The average Bonchev–Trinajstić information content (AvgIpc) is 2.72. The van der Waals surface area contributed by atoms with Gasteiger partial charge in [-0.25, -0.2) is 8.42 Å². The molecule has 0 fully saturated rings. The highest BCUT2D eigenvalue weighted by molar-refractivity contribution is 7.92. The molecule has 1 N–H and O–H groups in total. The standard InChI is InChI=1S/C23H24N2O3S/c1-17-20(15-10-16-21(17)25(2)29(3,27)28)23(26)24-22(18-11-6-4-7-12-18)19-13-8-5-9-14-19/h4-16,22H,1-3H3,(H,24,26). The fourth-order valence-electron chi connectivity index (χ4n) is 3.25. The van der Waals surface area contributed by atoms with Gasteiger partial charge in [-0.2, -0.15) is 0 Å². The summed E-state index contributed by atoms with van der Waals surface area (Å²) in [5.74, 6) is -0.260. The Kier molecular flexibility index (Phi) is 6.03. The van der Waals surface area contributed by atoms with Crippen LogP contribution in [-0.2, 0) is 10.0 Å². The normalized spacial score (nSPS) is 11.3. The van der Waals surface area contributed by atoms with Gasteiger partial charge in [-0.15, -0.1) is 0 Å². The second kappa shape index (κ2) is 8.49. The summed E-state index contributed by atoms with van der Waals surface area (Å²) in [7, 11) is -1.95. The minimum atomic E-state index is -3.43. The number of nitrogens with one attached hydrogen (secondary N) is 1. The summed E-state index contributed by atoms with van der Waals surface area (Å²) in [5.41, 5.74) is 3.46. The van der Waals surface area contributed by atoms with Gasteiger partial charge in [0.25, 0.3) is 5.91 Å². The summed E-state index contributed by atoms with van der Waals surface area (Å²) in [6, 6.07) is 24.3. The number of benzene rings is 3. The van der Waals surface area contributed by atoms with Crippen LogP contribution in [0.2, 0.25) is 0 Å². The largest absolute Gasteiger partial charge is 0.341 e. The van der Waals surface area contributed by atoms with E-state index in [2.05, 4.69) is 5.32 Å². The fraction of sp³-hybridized carbons (Fsp3) is 0.174. The Morgan fingerprint density at radius 2 is 1.38 bits per heavy atom. The fourth-order valence-corrected chi connectivity index (χ4v) is 3.80. The highest BCUT2D eigenvalue weighted by Crippen LogP contribution is 2.26. The van der Waals surface area contributed by atoms with Gasteiger partial charge in [-0.3, -0.25) is 9.10 Å². The van der Waals surface area contributed by atoms with Gasteiger partial charge >= 0.3 is 0 Å². The third-order valence-electron chi connectivity index (χ3n) is 4.93. The first kappa shape index (κ1) is 20.6. The molecule has 29 heavy (non-hydrogen) atoms. The molecule has 3 rings (SSSR count). The van der Waals surface area contributed by atoms with Crippen LogP contribution in [0.4, 0.5) is 5.69 Å². The van der Waals surface area contributed by atoms with E-state index in [4.69, 9.17) is 0 Å². The Bertz CT molecular complexity index is 1060. The van der Waals surface area contributed by atoms with Crippen molar-refractivity contribution in [1.29, 1.82) is 0 Å². The summed E-state index contributed by atoms with van der Waals surface area (Å²) in [6.07, 6.45) is 1.14. The van der Waals surface area contributed by atoms with E-state index in [-0.39, 0.29) is 11.9 Å². The predicted molar refractivity (Wildman–Crippen MR) is 117 cm³/mol. The zero-order valence-corrected chi connectivity index (χ0v) is 17.5. The topological polar surface area (TPSA) is 66.5 Å². The molecule has 0 atom stereocenters. The lowest BCUT2D eigenvalue weighted by atomic mass is 9.97. The van der Waals surface area contributed by atoms with E-state index >= 15 is 0 Å². The van der Waals surface area contributed by atoms with Crippen molar-refractivity contribution in [2.24, 2.45) is 0 Å². The van der Waals surface area contributed by atoms with Gasteiger partial charge in [-0.1, -0.05) is 66.7 Å². The van der Waals surface area contributed by atoms with Crippen molar-refractivity contribution >= 4 is 21.6 Å². The molecular weight excluding hydrogens is 384 g/mol. The number of hydrogen-bond donors (Lipinski definition) is 1. The van der Waals surface area contributed by atoms with Crippen molar-refractivity contribution in [3.63, 3.8) is 0 Å². The molecule has 0 radical (unpaired) electrons. The minimum absolute atomic E-state index is 0.260. The lowest BCUT2D eigenvalue weighted by molar-refractivity contribution is 0.0942. The van der Waals surface area contributed by atoms with Gasteiger partial charge in [0.2, 0.25) is 10.0 Å². The predicted octanol–water partition coefficient (Wildman–Crippen LogP) is 3.91. The van der Waals surface area contributed by atoms with Crippen LogP contribution >= 0.6 is 0 Å². The molecule has 0 aromatic heterocycles. The van der Waals surface area contributed by atoms with E-state index in [1.165, 1.54) is 11.4 Å². The number of hydrogen-bond acceptors (Lipinski definition) is 3. The number of sulfonamides is 1. The highest BCUT2D eigenvalue weighted by Gasteiger charge is 2.22. The van der Waals surface area contributed by atoms with E-state index in [1.807, 2.05) is 60.7 Å². The summed E-state index contributed by atoms with van der Waals surface area (Å²) >= 11 is 0. The lowest BCUT2D eigenvalue weighted by Gasteiger charge is -2.23. The van der Waals surface area contributed by atoms with Gasteiger partial charge in [0.1, 0.15) is 0 Å². The number of carbonyl (C=O) groups is 1. The molecule has 0 aliphatic carbocycles. The Morgan fingerprint density at radius 1 is 0.862 bits per heavy atom. The van der Waals surface area contributed by atoms with Crippen molar-refractivity contribution in [2.45, 2.75) is 13.0 Å². The molecule has 0 heterocycles. The average molecular weight is 409 g/mol. The first-order chi connectivity index (χ1) is 13.8. The monoisotopic (exact) mass is 408 g/mol. The van der Waals surface area contributed by atoms with Crippen LogP contribution in [-0.4, -0.2) is 27.6 Å². The first-order valence-corrected chi connectivity index (χ1v) is 11.1. The first-order valence-electron chi connectivity index (χ1n) is 9.23. The zero-order chi connectivity index (χ0) is 21.0. The molecule has 3 aromatic rings. The number of nitrogens with zero attached hydrogens (tertiary/aromatic N) is 1. The van der Waals surface area contributed by atoms with Crippen LogP contribution in [0, 0.1) is 6.92 Å². The van der Waals surface area contributed by atoms with Crippen molar-refractivity contribution < 1.29 is 13.2 Å². The Morgan fingerprint density at radius 3 is 1.86 bits per heavy atom. The highest BCUT2D eigenvalue weighted by atomic mass is 32.2. The van der Waals surface area contributed by atoms with Crippen LogP contribution in [0.1, 0.15) is 33.1 Å². The van der Waals surface area contributed by atoms with E-state index < -0.39 is 10.0 Å². The second-order valence-electron chi connectivity index (χ2n) is 6.91. The third kappa shape index (κ3) is 4.66. The third-order valence-corrected chi connectivity index (χ3v) is 6.12. The second-order valence-corrected chi connectivity index (χ2v) is 8.92. The molecule has 0 unspecified atom stereocenters. The molecule has 5 nitrogen and oxygen atoms in total. The maximum Gasteiger partial charge on any atom is 0.252 e. The smallest absolute Gasteiger partial charge is 0.252 e. The van der Waals surface area contributed by atoms with Crippen molar-refractivity contribution in [3.8, 4) is 0 Å². The Balaban J connectivity index is 1.97. The zero-order valence-electron chi connectivity index (χ0n) is 16.7. The van der Waals surface area contributed by atoms with Gasteiger partial charge in [-0.05, 0) is 35.7 Å². The van der Waals surface area contributed by atoms with Crippen molar-refractivity contribution in [1.82, 2.24) is 5.32 Å². The van der Waals surface area contributed by atoms with Crippen LogP contribution in [0.3, 0.4) is 0 Å². The number of rotatable bonds is 6. The Labute approximate surface area is 172 Å². The maximum absolute atomic E-state index is 13.2. The number of amides is 1. The molecule has 0 saturated heterocycles. The molecule has 0 aliphatic heterocycles. The minimum Gasteiger partial charge on any atom is -0.341 e. The molecule has 0 bridgehead atoms. The van der Waals surface area contributed by atoms with E-state index in [0.29, 0.717) is 16.8 Å². The quantitative estimate of drug-likeness (QED) is 0.672. The van der Waals surface area contributed by atoms with E-state index in [0.717, 1.165) is 17.4 Å². The van der Waals surface area contributed by atoms with Crippen LogP contribution in [0.15, 0.2) is 78.9 Å². The summed E-state index contributed by atoms with van der Waals surface area (Å²) in [5, 5.41) is 3.10. The van der Waals surface area contributed by atoms with Crippen LogP contribution < -0.4 is 9.62 Å². The molecule has 0 saturated carbocycles. The van der Waals surface area contributed by atoms with Gasteiger partial charge in [0.05, 0.1) is 18.0 Å². The summed E-state index contributed by atoms with van der Waals surface area (Å²) in [6.45, 7) is 1.76. The van der Waals surface area contributed by atoms with Gasteiger partial charge in [0, 0.05) is 12.6 Å². The molecule has 1 amide bonds. The maximum atomic E-state index is 13.2. The van der Waals surface area contributed by atoms with Crippen LogP contribution in [0.5, 0.6) is 0 Å².